The van der Waals surface area contributed by atoms with E-state index in [9.17, 15) is 0 Å². The first-order chi connectivity index (χ1) is 8.72. The Balaban J connectivity index is 2.40. The number of hydrogen-bond donors (Lipinski definition) is 2. The van der Waals surface area contributed by atoms with Crippen LogP contribution < -0.4 is 11.3 Å². The van der Waals surface area contributed by atoms with Crippen LogP contribution in [-0.2, 0) is 0 Å². The Bertz CT molecular complexity index is 532. The molecule has 0 saturated heterocycles. The molecule has 0 aliphatic rings. The minimum atomic E-state index is 0.285. The number of rotatable bonds is 3. The van der Waals surface area contributed by atoms with Crippen molar-refractivity contribution < 1.29 is 0 Å². The normalized spacial score (nSPS) is 11.9. The van der Waals surface area contributed by atoms with Crippen molar-refractivity contribution in [2.75, 3.05) is 0 Å². The molecule has 0 unspecified atom stereocenters. The van der Waals surface area contributed by atoms with Crippen LogP contribution >= 0.6 is 11.5 Å². The van der Waals surface area contributed by atoms with Crippen LogP contribution in [0.5, 0.6) is 0 Å². The van der Waals surface area contributed by atoms with Gasteiger partial charge in [0.2, 0.25) is 0 Å². The fraction of sp³-hybridized carbons (Fsp3) is 0.250. The van der Waals surface area contributed by atoms with Crippen LogP contribution in [0.4, 0.5) is 5.69 Å². The van der Waals surface area contributed by atoms with E-state index in [4.69, 9.17) is 5.84 Å². The van der Waals surface area contributed by atoms with Crippen LogP contribution in [0.15, 0.2) is 35.3 Å². The first-order valence-electron chi connectivity index (χ1n) is 5.65. The second-order valence-corrected chi connectivity index (χ2v) is 4.84. The van der Waals surface area contributed by atoms with Crippen molar-refractivity contribution in [2.45, 2.75) is 19.8 Å². The van der Waals surface area contributed by atoms with Gasteiger partial charge < -0.3 is 5.43 Å². The molecule has 5 nitrogen and oxygen atoms in total. The molecule has 94 valence electrons. The summed E-state index contributed by atoms with van der Waals surface area (Å²) in [5.74, 6) is 6.43. The summed E-state index contributed by atoms with van der Waals surface area (Å²) in [4.78, 5) is 5.36. The van der Waals surface area contributed by atoms with Crippen LogP contribution in [-0.4, -0.2) is 15.4 Å². The van der Waals surface area contributed by atoms with Gasteiger partial charge in [0.25, 0.3) is 0 Å². The van der Waals surface area contributed by atoms with Crippen LogP contribution in [0.1, 0.15) is 30.3 Å². The summed E-state index contributed by atoms with van der Waals surface area (Å²) < 4.78 is 3.97. The summed E-state index contributed by atoms with van der Waals surface area (Å²) in [5, 5.41) is 4.12. The van der Waals surface area contributed by atoms with E-state index in [1.807, 2.05) is 30.3 Å². The lowest BCUT2D eigenvalue weighted by Crippen LogP contribution is -2.31. The fourth-order valence-corrected chi connectivity index (χ4v) is 2.29. The average Bonchev–Trinajstić information content (AvgIpc) is 2.86. The van der Waals surface area contributed by atoms with Gasteiger partial charge in [-0.25, -0.2) is 10.8 Å². The van der Waals surface area contributed by atoms with Crippen LogP contribution in [0, 0.1) is 0 Å². The Morgan fingerprint density at radius 1 is 1.33 bits per heavy atom. The highest BCUT2D eigenvalue weighted by molar-refractivity contribution is 7.08. The van der Waals surface area contributed by atoms with Crippen molar-refractivity contribution >= 4 is 23.1 Å². The Morgan fingerprint density at radius 3 is 2.67 bits per heavy atom. The lowest BCUT2D eigenvalue weighted by Gasteiger charge is -2.06. The number of aliphatic imine (C=N–C) groups is 1. The van der Waals surface area contributed by atoms with Crippen LogP contribution in [0.25, 0.3) is 0 Å². The van der Waals surface area contributed by atoms with Gasteiger partial charge in [-0.2, -0.15) is 0 Å². The van der Waals surface area contributed by atoms with Crippen molar-refractivity contribution in [1.29, 1.82) is 0 Å². The lowest BCUT2D eigenvalue weighted by molar-refractivity contribution is 0.808. The molecule has 18 heavy (non-hydrogen) atoms. The highest BCUT2D eigenvalue weighted by Gasteiger charge is 2.16. The second kappa shape index (κ2) is 5.70. The minimum absolute atomic E-state index is 0.285. The Morgan fingerprint density at radius 2 is 2.06 bits per heavy atom. The van der Waals surface area contributed by atoms with E-state index in [2.05, 4.69) is 33.9 Å². The van der Waals surface area contributed by atoms with Gasteiger partial charge in [-0.05, 0) is 29.6 Å². The summed E-state index contributed by atoms with van der Waals surface area (Å²) >= 11 is 1.30. The molecule has 3 N–H and O–H groups in total. The molecule has 0 aliphatic carbocycles. The number of hydrazine groups is 1. The number of nitrogens with one attached hydrogen (secondary N) is 1. The molecule has 0 saturated carbocycles. The molecule has 1 aromatic carbocycles. The number of aromatic nitrogens is 2. The number of hydrogen-bond acceptors (Lipinski definition) is 5. The number of amidine groups is 1. The zero-order valence-corrected chi connectivity index (χ0v) is 11.1. The third-order valence-electron chi connectivity index (χ3n) is 2.41. The summed E-state index contributed by atoms with van der Waals surface area (Å²) in [6.45, 7) is 4.13. The molecule has 1 heterocycles. The largest absolute Gasteiger partial charge is 0.307 e. The molecular weight excluding hydrogens is 246 g/mol. The van der Waals surface area contributed by atoms with Gasteiger partial charge in [0.05, 0.1) is 11.4 Å². The molecule has 2 aromatic rings. The maximum absolute atomic E-state index is 5.55. The smallest absolute Gasteiger partial charge is 0.161 e. The third-order valence-corrected chi connectivity index (χ3v) is 3.16. The summed E-state index contributed by atoms with van der Waals surface area (Å²) in [6, 6.07) is 9.65. The minimum Gasteiger partial charge on any atom is -0.307 e. The Labute approximate surface area is 110 Å². The van der Waals surface area contributed by atoms with Crippen LogP contribution in [0.3, 0.4) is 0 Å². The molecule has 0 amide bonds. The first kappa shape index (κ1) is 12.7. The zero-order chi connectivity index (χ0) is 13.0. The zero-order valence-electron chi connectivity index (χ0n) is 10.3. The Hall–Kier alpha value is -1.79. The first-order valence-corrected chi connectivity index (χ1v) is 6.42. The van der Waals surface area contributed by atoms with E-state index in [0.717, 1.165) is 16.3 Å². The molecule has 0 aliphatic heterocycles. The second-order valence-electron chi connectivity index (χ2n) is 4.08. The van der Waals surface area contributed by atoms with Crippen molar-refractivity contribution in [3.63, 3.8) is 0 Å². The van der Waals surface area contributed by atoms with Gasteiger partial charge in [-0.3, -0.25) is 0 Å². The van der Waals surface area contributed by atoms with E-state index < -0.39 is 0 Å². The number of nitrogens with zero attached hydrogens (tertiary/aromatic N) is 3. The van der Waals surface area contributed by atoms with Crippen molar-refractivity contribution in [3.05, 3.63) is 40.9 Å². The van der Waals surface area contributed by atoms with E-state index >= 15 is 0 Å². The van der Waals surface area contributed by atoms with Gasteiger partial charge in [0.1, 0.15) is 4.88 Å². The monoisotopic (exact) mass is 261 g/mol. The molecule has 0 atom stereocenters. The van der Waals surface area contributed by atoms with Gasteiger partial charge in [-0.1, -0.05) is 36.5 Å². The molecule has 1 aromatic heterocycles. The summed E-state index contributed by atoms with van der Waals surface area (Å²) in [6.07, 6.45) is 0. The Kier molecular flexibility index (Phi) is 4.01. The lowest BCUT2D eigenvalue weighted by atomic mass is 10.1. The number of benzene rings is 1. The van der Waals surface area contributed by atoms with E-state index in [0.29, 0.717) is 5.84 Å². The molecule has 0 fully saturated rings. The topological polar surface area (TPSA) is 76.2 Å². The van der Waals surface area contributed by atoms with Crippen molar-refractivity contribution in [2.24, 2.45) is 10.8 Å². The molecule has 0 spiro atoms. The average molecular weight is 261 g/mol. The van der Waals surface area contributed by atoms with E-state index in [1.165, 1.54) is 11.5 Å². The third kappa shape index (κ3) is 2.72. The standard InChI is InChI=1S/C12H15N5S/c1-8(2)10-11(18-17-16-10)12(15-13)14-9-6-4-3-5-7-9/h3-8H,13H2,1-2H3,(H,14,15). The van der Waals surface area contributed by atoms with Gasteiger partial charge in [0.15, 0.2) is 5.84 Å². The molecule has 0 radical (unpaired) electrons. The van der Waals surface area contributed by atoms with Crippen molar-refractivity contribution in [3.8, 4) is 0 Å². The predicted octanol–water partition coefficient (Wildman–Crippen LogP) is 2.20. The summed E-state index contributed by atoms with van der Waals surface area (Å²) in [5.41, 5.74) is 4.38. The summed E-state index contributed by atoms with van der Waals surface area (Å²) in [7, 11) is 0. The quantitative estimate of drug-likeness (QED) is 0.384. The highest BCUT2D eigenvalue weighted by atomic mass is 32.1. The highest BCUT2D eigenvalue weighted by Crippen LogP contribution is 2.21. The number of para-hydroxylation sites is 1. The maximum Gasteiger partial charge on any atom is 0.161 e. The molecule has 6 heteroatoms. The van der Waals surface area contributed by atoms with E-state index in [1.54, 1.807) is 0 Å². The van der Waals surface area contributed by atoms with Crippen LogP contribution in [0.2, 0.25) is 0 Å². The number of nitrogens with two attached hydrogens (primary N) is 1. The molecule has 2 rings (SSSR count). The maximum atomic E-state index is 5.55. The van der Waals surface area contributed by atoms with Gasteiger partial charge >= 0.3 is 0 Å². The SMILES string of the molecule is CC(C)c1nnsc1C(=Nc1ccccc1)NN. The van der Waals surface area contributed by atoms with E-state index in [-0.39, 0.29) is 5.92 Å². The van der Waals surface area contributed by atoms with Crippen molar-refractivity contribution in [1.82, 2.24) is 15.0 Å². The van der Waals surface area contributed by atoms with Gasteiger partial charge in [-0.15, -0.1) is 5.10 Å². The molecular formula is C12H15N5S. The fourth-order valence-electron chi connectivity index (χ4n) is 1.52. The molecule has 0 bridgehead atoms. The predicted molar refractivity (Wildman–Crippen MR) is 74.0 cm³/mol. The van der Waals surface area contributed by atoms with Gasteiger partial charge in [0, 0.05) is 0 Å².